The van der Waals surface area contributed by atoms with E-state index in [1.807, 2.05) is 59.5 Å². The van der Waals surface area contributed by atoms with Crippen LogP contribution in [0.3, 0.4) is 0 Å². The molecule has 2 aromatic carbocycles. The van der Waals surface area contributed by atoms with Crippen molar-refractivity contribution in [2.45, 2.75) is 19.5 Å². The van der Waals surface area contributed by atoms with Crippen LogP contribution in [0.4, 0.5) is 11.6 Å². The molecule has 1 aliphatic rings. The van der Waals surface area contributed by atoms with Crippen LogP contribution in [0.1, 0.15) is 6.42 Å². The topological polar surface area (TPSA) is 117 Å². The summed E-state index contributed by atoms with van der Waals surface area (Å²) in [5, 5.41) is 0. The van der Waals surface area contributed by atoms with Crippen LogP contribution in [0.15, 0.2) is 64.2 Å². The van der Waals surface area contributed by atoms with Crippen LogP contribution in [0.5, 0.6) is 11.5 Å². The summed E-state index contributed by atoms with van der Waals surface area (Å²) in [5.74, 6) is 1.26. The minimum absolute atomic E-state index is 0.275. The fourth-order valence-corrected chi connectivity index (χ4v) is 4.12. The van der Waals surface area contributed by atoms with Crippen LogP contribution in [-0.2, 0) is 24.9 Å². The van der Waals surface area contributed by atoms with Crippen molar-refractivity contribution in [1.29, 1.82) is 0 Å². The number of fused-ring (bicyclic) bond motifs is 3. The van der Waals surface area contributed by atoms with E-state index in [1.165, 1.54) is 11.6 Å². The Hall–Kier alpha value is -4.34. The molecule has 0 aliphatic carbocycles. The first-order valence-electron chi connectivity index (χ1n) is 10.5. The van der Waals surface area contributed by atoms with Gasteiger partial charge < -0.3 is 19.9 Å². The second-order valence-electron chi connectivity index (χ2n) is 7.85. The summed E-state index contributed by atoms with van der Waals surface area (Å²) in [4.78, 5) is 43.7. The van der Waals surface area contributed by atoms with Gasteiger partial charge in [-0.15, -0.1) is 0 Å². The number of aromatic nitrogens is 4. The molecule has 1 aliphatic heterocycles. The molecule has 5 rings (SSSR count). The third-order valence-electron chi connectivity index (χ3n) is 5.66. The summed E-state index contributed by atoms with van der Waals surface area (Å²) in [6.07, 6.45) is 0.777. The molecule has 2 N–H and O–H groups in total. The predicted molar refractivity (Wildman–Crippen MR) is 123 cm³/mol. The number of carbonyl (C=O) groups is 1. The Balaban J connectivity index is 1.56. The van der Waals surface area contributed by atoms with Crippen molar-refractivity contribution in [2.75, 3.05) is 11.4 Å². The monoisotopic (exact) mass is 446 g/mol. The molecule has 0 saturated carbocycles. The summed E-state index contributed by atoms with van der Waals surface area (Å²) in [6, 6.07) is 17.1. The van der Waals surface area contributed by atoms with Gasteiger partial charge in [-0.2, -0.15) is 4.98 Å². The first kappa shape index (κ1) is 20.6. The Labute approximate surface area is 188 Å². The van der Waals surface area contributed by atoms with Crippen molar-refractivity contribution < 1.29 is 9.53 Å². The van der Waals surface area contributed by atoms with Crippen molar-refractivity contribution in [1.82, 2.24) is 18.7 Å². The number of ether oxygens (including phenoxy) is 1. The van der Waals surface area contributed by atoms with Crippen molar-refractivity contribution in [2.24, 2.45) is 12.8 Å². The fourth-order valence-electron chi connectivity index (χ4n) is 4.12. The Morgan fingerprint density at radius 2 is 1.73 bits per heavy atom. The molecular formula is C23H22N6O4. The SMILES string of the molecule is Cn1c(=O)n(CC(N)=O)c(=O)c2c1nc1n2CCCN1c1ccc(Oc2ccccc2)cc1. The molecule has 0 atom stereocenters. The lowest BCUT2D eigenvalue weighted by atomic mass is 10.2. The summed E-state index contributed by atoms with van der Waals surface area (Å²) in [6.45, 7) is 0.793. The van der Waals surface area contributed by atoms with Gasteiger partial charge >= 0.3 is 5.69 Å². The molecule has 10 nitrogen and oxygen atoms in total. The van der Waals surface area contributed by atoms with Crippen LogP contribution < -0.4 is 26.6 Å². The largest absolute Gasteiger partial charge is 0.457 e. The molecular weight excluding hydrogens is 424 g/mol. The molecule has 0 unspecified atom stereocenters. The van der Waals surface area contributed by atoms with Crippen molar-refractivity contribution in [3.63, 3.8) is 0 Å². The van der Waals surface area contributed by atoms with Crippen LogP contribution >= 0.6 is 0 Å². The Morgan fingerprint density at radius 3 is 2.42 bits per heavy atom. The van der Waals surface area contributed by atoms with E-state index in [9.17, 15) is 14.4 Å². The van der Waals surface area contributed by atoms with Gasteiger partial charge in [0.05, 0.1) is 0 Å². The lowest BCUT2D eigenvalue weighted by Crippen LogP contribution is -2.42. The molecule has 3 heterocycles. The molecule has 4 aromatic rings. The van der Waals surface area contributed by atoms with E-state index in [-0.39, 0.29) is 11.2 Å². The van der Waals surface area contributed by atoms with Crippen molar-refractivity contribution in [3.8, 4) is 11.5 Å². The fraction of sp³-hybridized carbons (Fsp3) is 0.217. The second kappa shape index (κ2) is 7.97. The smallest absolute Gasteiger partial charge is 0.332 e. The molecule has 10 heteroatoms. The highest BCUT2D eigenvalue weighted by atomic mass is 16.5. The molecule has 2 aromatic heterocycles. The normalized spacial score (nSPS) is 13.2. The van der Waals surface area contributed by atoms with Crippen molar-refractivity contribution in [3.05, 3.63) is 75.4 Å². The minimum atomic E-state index is -0.758. The number of hydrogen-bond donors (Lipinski definition) is 1. The second-order valence-corrected chi connectivity index (χ2v) is 7.85. The first-order chi connectivity index (χ1) is 15.9. The lowest BCUT2D eigenvalue weighted by Gasteiger charge is -2.29. The van der Waals surface area contributed by atoms with Crippen LogP contribution in [0.2, 0.25) is 0 Å². The number of nitrogens with zero attached hydrogens (tertiary/aromatic N) is 5. The molecule has 0 spiro atoms. The van der Waals surface area contributed by atoms with Gasteiger partial charge in [-0.3, -0.25) is 14.2 Å². The number of anilines is 2. The highest BCUT2D eigenvalue weighted by Gasteiger charge is 2.27. The maximum absolute atomic E-state index is 13.1. The average Bonchev–Trinajstić information content (AvgIpc) is 3.22. The zero-order valence-electron chi connectivity index (χ0n) is 18.0. The number of amides is 1. The third kappa shape index (κ3) is 3.55. The summed E-state index contributed by atoms with van der Waals surface area (Å²) in [5.41, 5.74) is 5.48. The molecule has 0 radical (unpaired) electrons. The molecule has 0 saturated heterocycles. The number of aryl methyl sites for hydroxylation is 2. The third-order valence-corrected chi connectivity index (χ3v) is 5.66. The van der Waals surface area contributed by atoms with Crippen molar-refractivity contribution >= 4 is 28.7 Å². The number of imidazole rings is 1. The van der Waals surface area contributed by atoms with E-state index in [0.717, 1.165) is 22.4 Å². The van der Waals surface area contributed by atoms with E-state index in [0.29, 0.717) is 24.8 Å². The minimum Gasteiger partial charge on any atom is -0.457 e. The number of carbonyl (C=O) groups excluding carboxylic acids is 1. The van der Waals surface area contributed by atoms with Gasteiger partial charge in [-0.1, -0.05) is 18.2 Å². The zero-order chi connectivity index (χ0) is 23.1. The van der Waals surface area contributed by atoms with E-state index < -0.39 is 23.7 Å². The number of rotatable bonds is 5. The van der Waals surface area contributed by atoms with Gasteiger partial charge in [0.2, 0.25) is 11.9 Å². The lowest BCUT2D eigenvalue weighted by molar-refractivity contribution is -0.118. The highest BCUT2D eigenvalue weighted by Crippen LogP contribution is 2.32. The van der Waals surface area contributed by atoms with E-state index in [2.05, 4.69) is 4.98 Å². The van der Waals surface area contributed by atoms with Gasteiger partial charge in [0.15, 0.2) is 11.2 Å². The van der Waals surface area contributed by atoms with Gasteiger partial charge in [0.25, 0.3) is 5.56 Å². The maximum atomic E-state index is 13.1. The summed E-state index contributed by atoms with van der Waals surface area (Å²) >= 11 is 0. The van der Waals surface area contributed by atoms with Crippen LogP contribution in [-0.4, -0.2) is 31.1 Å². The quantitative estimate of drug-likeness (QED) is 0.499. The van der Waals surface area contributed by atoms with Gasteiger partial charge in [0, 0.05) is 25.8 Å². The molecule has 0 fully saturated rings. The van der Waals surface area contributed by atoms with Gasteiger partial charge in [-0.25, -0.2) is 9.36 Å². The zero-order valence-corrected chi connectivity index (χ0v) is 18.0. The number of nitrogens with two attached hydrogens (primary N) is 1. The molecule has 0 bridgehead atoms. The van der Waals surface area contributed by atoms with Gasteiger partial charge in [-0.05, 0) is 42.8 Å². The Kier molecular flexibility index (Phi) is 4.97. The molecule has 168 valence electrons. The van der Waals surface area contributed by atoms with E-state index in [1.54, 1.807) is 4.57 Å². The van der Waals surface area contributed by atoms with Crippen LogP contribution in [0, 0.1) is 0 Å². The average molecular weight is 446 g/mol. The van der Waals surface area contributed by atoms with E-state index >= 15 is 0 Å². The van der Waals surface area contributed by atoms with E-state index in [4.69, 9.17) is 10.5 Å². The Bertz CT molecular complexity index is 1470. The predicted octanol–water partition coefficient (Wildman–Crippen LogP) is 1.72. The standard InChI is InChI=1S/C23H22N6O4/c1-26-20-19(21(31)29(23(26)32)14-18(24)30)28-13-5-12-27(22(28)25-20)15-8-10-17(11-9-15)33-16-6-3-2-4-7-16/h2-4,6-11H,5,12-14H2,1H3,(H2,24,30). The van der Waals surface area contributed by atoms with Crippen LogP contribution in [0.25, 0.3) is 11.2 Å². The molecule has 33 heavy (non-hydrogen) atoms. The number of para-hydroxylation sites is 1. The molecule has 1 amide bonds. The number of hydrogen-bond acceptors (Lipinski definition) is 6. The maximum Gasteiger partial charge on any atom is 0.332 e. The highest BCUT2D eigenvalue weighted by molar-refractivity contribution is 5.78. The Morgan fingerprint density at radius 1 is 1.03 bits per heavy atom. The number of benzene rings is 2. The first-order valence-corrected chi connectivity index (χ1v) is 10.5. The number of primary amides is 1. The summed E-state index contributed by atoms with van der Waals surface area (Å²) in [7, 11) is 1.53. The summed E-state index contributed by atoms with van der Waals surface area (Å²) < 4.78 is 9.80. The van der Waals surface area contributed by atoms with Gasteiger partial charge in [0.1, 0.15) is 18.0 Å².